The minimum atomic E-state index is 0.168. The van der Waals surface area contributed by atoms with Crippen molar-refractivity contribution in [1.29, 1.82) is 0 Å². The lowest BCUT2D eigenvalue weighted by Crippen LogP contribution is -2.05. The Bertz CT molecular complexity index is 482. The zero-order chi connectivity index (χ0) is 13.4. The Balaban J connectivity index is 0.000000492. The predicted molar refractivity (Wildman–Crippen MR) is 62.7 cm³/mol. The highest BCUT2D eigenvalue weighted by Crippen LogP contribution is 2.19. The minimum Gasteiger partial charge on any atom is -0.489 e. The van der Waals surface area contributed by atoms with Crippen molar-refractivity contribution in [3.8, 4) is 17.2 Å². The average Bonchev–Trinajstić information content (AvgIpc) is 2.84. The summed E-state index contributed by atoms with van der Waals surface area (Å²) in [6.45, 7) is 3.97. The first kappa shape index (κ1) is 13.7. The summed E-state index contributed by atoms with van der Waals surface area (Å²) >= 11 is 0. The van der Waals surface area contributed by atoms with Crippen LogP contribution < -0.4 is 4.74 Å². The summed E-state index contributed by atoms with van der Waals surface area (Å²) in [5, 5.41) is 0. The highest BCUT2D eigenvalue weighted by Gasteiger charge is 2.03. The van der Waals surface area contributed by atoms with Gasteiger partial charge in [-0.05, 0) is 38.1 Å². The fraction of sp³-hybridized carbons (Fsp3) is 0.231. The third-order valence-corrected chi connectivity index (χ3v) is 1.88. The van der Waals surface area contributed by atoms with Gasteiger partial charge in [-0.3, -0.25) is 0 Å². The molecular formula is C13H13NO4. The molecule has 2 aromatic rings. The second-order valence-corrected chi connectivity index (χ2v) is 3.61. The van der Waals surface area contributed by atoms with Crippen molar-refractivity contribution in [1.82, 2.24) is 4.98 Å². The molecule has 5 nitrogen and oxygen atoms in total. The van der Waals surface area contributed by atoms with Gasteiger partial charge in [0.25, 0.3) is 0 Å². The molecule has 18 heavy (non-hydrogen) atoms. The van der Waals surface area contributed by atoms with Gasteiger partial charge in [-0.2, -0.15) is 9.59 Å². The molecule has 0 aliphatic heterocycles. The number of aromatic nitrogens is 1. The van der Waals surface area contributed by atoms with E-state index in [-0.39, 0.29) is 12.3 Å². The van der Waals surface area contributed by atoms with E-state index in [0.717, 1.165) is 17.2 Å². The van der Waals surface area contributed by atoms with Crippen LogP contribution in [0.25, 0.3) is 11.5 Å². The normalized spacial score (nSPS) is 9.28. The molecule has 0 aliphatic rings. The zero-order valence-electron chi connectivity index (χ0n) is 10.1. The molecule has 0 aliphatic carbocycles. The van der Waals surface area contributed by atoms with Crippen LogP contribution in [0.5, 0.6) is 5.75 Å². The van der Waals surface area contributed by atoms with Gasteiger partial charge in [0.2, 0.25) is 0 Å². The minimum absolute atomic E-state index is 0.168. The van der Waals surface area contributed by atoms with Gasteiger partial charge in [-0.15, -0.1) is 0 Å². The Labute approximate surface area is 104 Å². The maximum Gasteiger partial charge on any atom is 0.373 e. The molecule has 0 saturated carbocycles. The van der Waals surface area contributed by atoms with Crippen molar-refractivity contribution < 1.29 is 18.7 Å². The number of hydrogen-bond donors (Lipinski definition) is 0. The van der Waals surface area contributed by atoms with Crippen molar-refractivity contribution in [2.45, 2.75) is 20.0 Å². The van der Waals surface area contributed by atoms with Crippen LogP contribution in [0, 0.1) is 0 Å². The molecule has 2 rings (SSSR count). The molecule has 94 valence electrons. The van der Waals surface area contributed by atoms with Crippen LogP contribution in [0.4, 0.5) is 0 Å². The van der Waals surface area contributed by atoms with Gasteiger partial charge in [0.05, 0.1) is 18.6 Å². The largest absolute Gasteiger partial charge is 0.489 e. The molecule has 5 heteroatoms. The van der Waals surface area contributed by atoms with Crippen LogP contribution in [0.3, 0.4) is 0 Å². The first-order valence-corrected chi connectivity index (χ1v) is 5.33. The molecular weight excluding hydrogens is 234 g/mol. The molecule has 0 fully saturated rings. The van der Waals surface area contributed by atoms with E-state index in [1.165, 1.54) is 0 Å². The quantitative estimate of drug-likeness (QED) is 0.833. The van der Waals surface area contributed by atoms with E-state index in [4.69, 9.17) is 18.7 Å². The molecule has 0 amide bonds. The number of furan rings is 1. The molecule has 2 aromatic heterocycles. The van der Waals surface area contributed by atoms with Crippen LogP contribution in [0.2, 0.25) is 0 Å². The Morgan fingerprint density at radius 3 is 2.44 bits per heavy atom. The molecule has 0 spiro atoms. The van der Waals surface area contributed by atoms with Crippen LogP contribution in [-0.4, -0.2) is 17.2 Å². The standard InChI is InChI=1S/C12H13NO2.CO2/c1-9(2)15-10-5-6-11(13-8-10)12-4-3-7-14-12;2-1-3/h3-9H,1-2H3;. The van der Waals surface area contributed by atoms with E-state index in [9.17, 15) is 0 Å². The Morgan fingerprint density at radius 2 is 2.00 bits per heavy atom. The summed E-state index contributed by atoms with van der Waals surface area (Å²) in [5.74, 6) is 1.55. The Kier molecular flexibility index (Phi) is 5.35. The lowest BCUT2D eigenvalue weighted by atomic mass is 10.3. The Morgan fingerprint density at radius 1 is 1.28 bits per heavy atom. The van der Waals surface area contributed by atoms with Crippen molar-refractivity contribution in [2.75, 3.05) is 0 Å². The summed E-state index contributed by atoms with van der Waals surface area (Å²) in [4.78, 5) is 20.5. The molecule has 0 bridgehead atoms. The topological polar surface area (TPSA) is 69.4 Å². The average molecular weight is 247 g/mol. The lowest BCUT2D eigenvalue weighted by Gasteiger charge is -2.08. The number of ether oxygens (including phenoxy) is 1. The fourth-order valence-electron chi connectivity index (χ4n) is 1.29. The van der Waals surface area contributed by atoms with Crippen molar-refractivity contribution >= 4 is 6.15 Å². The number of nitrogens with zero attached hydrogens (tertiary/aromatic N) is 1. The van der Waals surface area contributed by atoms with Gasteiger partial charge in [0.1, 0.15) is 11.4 Å². The van der Waals surface area contributed by atoms with E-state index in [0.29, 0.717) is 0 Å². The van der Waals surface area contributed by atoms with Gasteiger partial charge in [0.15, 0.2) is 5.76 Å². The number of hydrogen-bond acceptors (Lipinski definition) is 5. The first-order valence-electron chi connectivity index (χ1n) is 5.33. The molecule has 0 aromatic carbocycles. The fourth-order valence-corrected chi connectivity index (χ4v) is 1.29. The summed E-state index contributed by atoms with van der Waals surface area (Å²) in [6, 6.07) is 7.50. The van der Waals surface area contributed by atoms with Crippen LogP contribution in [0.1, 0.15) is 13.8 Å². The maximum absolute atomic E-state index is 8.12. The van der Waals surface area contributed by atoms with Crippen molar-refractivity contribution in [3.05, 3.63) is 36.7 Å². The maximum atomic E-state index is 8.12. The number of carbonyl (C=O) groups excluding carboxylic acids is 2. The molecule has 0 N–H and O–H groups in total. The first-order chi connectivity index (χ1) is 8.67. The van der Waals surface area contributed by atoms with Gasteiger partial charge in [-0.1, -0.05) is 0 Å². The lowest BCUT2D eigenvalue weighted by molar-refractivity contribution is -0.191. The van der Waals surface area contributed by atoms with Gasteiger partial charge >= 0.3 is 6.15 Å². The summed E-state index contributed by atoms with van der Waals surface area (Å²) < 4.78 is 10.7. The van der Waals surface area contributed by atoms with E-state index < -0.39 is 0 Å². The number of pyridine rings is 1. The zero-order valence-corrected chi connectivity index (χ0v) is 10.1. The molecule has 0 radical (unpaired) electrons. The van der Waals surface area contributed by atoms with Crippen LogP contribution in [-0.2, 0) is 9.59 Å². The highest BCUT2D eigenvalue weighted by molar-refractivity contribution is 5.52. The van der Waals surface area contributed by atoms with Crippen molar-refractivity contribution in [3.63, 3.8) is 0 Å². The molecule has 2 heterocycles. The van der Waals surface area contributed by atoms with Gasteiger partial charge in [-0.25, -0.2) is 4.98 Å². The van der Waals surface area contributed by atoms with E-state index >= 15 is 0 Å². The van der Waals surface area contributed by atoms with Gasteiger partial charge in [0, 0.05) is 0 Å². The third kappa shape index (κ3) is 4.23. The van der Waals surface area contributed by atoms with E-state index in [1.54, 1.807) is 12.5 Å². The van der Waals surface area contributed by atoms with E-state index in [2.05, 4.69) is 4.98 Å². The van der Waals surface area contributed by atoms with E-state index in [1.807, 2.05) is 38.1 Å². The predicted octanol–water partition coefficient (Wildman–Crippen LogP) is 2.55. The van der Waals surface area contributed by atoms with Crippen molar-refractivity contribution in [2.24, 2.45) is 0 Å². The SMILES string of the molecule is CC(C)Oc1ccc(-c2ccco2)nc1.O=C=O. The van der Waals surface area contributed by atoms with Gasteiger partial charge < -0.3 is 9.15 Å². The monoisotopic (exact) mass is 247 g/mol. The number of rotatable bonds is 3. The molecule has 0 saturated heterocycles. The molecule has 0 unspecified atom stereocenters. The van der Waals surface area contributed by atoms with Crippen LogP contribution in [0.15, 0.2) is 41.1 Å². The summed E-state index contributed by atoms with van der Waals surface area (Å²) in [6.07, 6.45) is 3.76. The van der Waals surface area contributed by atoms with Crippen LogP contribution >= 0.6 is 0 Å². The second-order valence-electron chi connectivity index (χ2n) is 3.61. The Hall–Kier alpha value is -2.39. The smallest absolute Gasteiger partial charge is 0.373 e. The highest BCUT2D eigenvalue weighted by atomic mass is 16.5. The summed E-state index contributed by atoms with van der Waals surface area (Å²) in [5.41, 5.74) is 0.816. The second kappa shape index (κ2) is 7.04. The third-order valence-electron chi connectivity index (χ3n) is 1.88. The molecule has 0 atom stereocenters. The summed E-state index contributed by atoms with van der Waals surface area (Å²) in [7, 11) is 0.